The zero-order chi connectivity index (χ0) is 16.2. The van der Waals surface area contributed by atoms with E-state index in [1.165, 1.54) is 24.3 Å². The van der Waals surface area contributed by atoms with Crippen molar-refractivity contribution >= 4 is 11.5 Å². The monoisotopic (exact) mass is 313 g/mol. The third-order valence-electron chi connectivity index (χ3n) is 3.72. The van der Waals surface area contributed by atoms with Crippen LogP contribution in [0.4, 0.5) is 13.2 Å². The van der Waals surface area contributed by atoms with Gasteiger partial charge in [0.25, 0.3) is 0 Å². The van der Waals surface area contributed by atoms with Crippen molar-refractivity contribution in [3.05, 3.63) is 42.0 Å². The van der Waals surface area contributed by atoms with Crippen LogP contribution in [0.2, 0.25) is 0 Å². The molecule has 1 aromatic carbocycles. The van der Waals surface area contributed by atoms with E-state index in [1.54, 1.807) is 6.07 Å². The number of aliphatic hydroxyl groups is 1. The standard InChI is InChI=1S/C16H18F3NO2/c17-16(18,19)12(11-6-2-1-3-7-11)10-15(22)20-13-8-4-5-9-14(13)21/h1-3,6-7,10,13-14,21H,4-5,8-9H2,(H,20,22)/b12-10-. The highest BCUT2D eigenvalue weighted by Crippen LogP contribution is 2.33. The summed E-state index contributed by atoms with van der Waals surface area (Å²) in [6.45, 7) is 0. The number of carbonyl (C=O) groups excluding carboxylic acids is 1. The number of allylic oxidation sites excluding steroid dienone is 1. The van der Waals surface area contributed by atoms with Gasteiger partial charge in [-0.2, -0.15) is 13.2 Å². The quantitative estimate of drug-likeness (QED) is 0.843. The summed E-state index contributed by atoms with van der Waals surface area (Å²) >= 11 is 0. The second-order valence-electron chi connectivity index (χ2n) is 5.39. The van der Waals surface area contributed by atoms with Crippen molar-refractivity contribution in [2.24, 2.45) is 0 Å². The number of alkyl halides is 3. The lowest BCUT2D eigenvalue weighted by Crippen LogP contribution is -2.44. The highest BCUT2D eigenvalue weighted by atomic mass is 19.4. The van der Waals surface area contributed by atoms with Crippen LogP contribution in [-0.2, 0) is 4.79 Å². The van der Waals surface area contributed by atoms with E-state index >= 15 is 0 Å². The van der Waals surface area contributed by atoms with Gasteiger partial charge in [-0.1, -0.05) is 43.2 Å². The molecule has 120 valence electrons. The zero-order valence-electron chi connectivity index (χ0n) is 11.9. The van der Waals surface area contributed by atoms with Crippen LogP contribution in [-0.4, -0.2) is 29.3 Å². The van der Waals surface area contributed by atoms with Gasteiger partial charge in [-0.15, -0.1) is 0 Å². The molecular weight excluding hydrogens is 295 g/mol. The Morgan fingerprint density at radius 3 is 2.41 bits per heavy atom. The van der Waals surface area contributed by atoms with E-state index in [9.17, 15) is 23.1 Å². The fourth-order valence-electron chi connectivity index (χ4n) is 2.58. The molecule has 0 aromatic heterocycles. The number of hydrogen-bond donors (Lipinski definition) is 2. The van der Waals surface area contributed by atoms with Gasteiger partial charge in [-0.25, -0.2) is 0 Å². The first kappa shape index (κ1) is 16.5. The number of hydrogen-bond acceptors (Lipinski definition) is 2. The van der Waals surface area contributed by atoms with Gasteiger partial charge in [-0.3, -0.25) is 4.79 Å². The lowest BCUT2D eigenvalue weighted by molar-refractivity contribution is -0.118. The predicted molar refractivity (Wildman–Crippen MR) is 76.9 cm³/mol. The molecule has 2 atom stereocenters. The van der Waals surface area contributed by atoms with Crippen molar-refractivity contribution in [2.75, 3.05) is 0 Å². The molecule has 2 N–H and O–H groups in total. The Bertz CT molecular complexity index is 540. The summed E-state index contributed by atoms with van der Waals surface area (Å²) in [4.78, 5) is 11.9. The highest BCUT2D eigenvalue weighted by molar-refractivity contribution is 5.96. The number of benzene rings is 1. The third kappa shape index (κ3) is 4.34. The van der Waals surface area contributed by atoms with Gasteiger partial charge in [0.05, 0.1) is 17.7 Å². The van der Waals surface area contributed by atoms with Gasteiger partial charge in [-0.05, 0) is 18.4 Å². The van der Waals surface area contributed by atoms with Crippen LogP contribution in [0.3, 0.4) is 0 Å². The molecule has 3 nitrogen and oxygen atoms in total. The number of amides is 1. The summed E-state index contributed by atoms with van der Waals surface area (Å²) in [7, 11) is 0. The zero-order valence-corrected chi connectivity index (χ0v) is 11.9. The fourth-order valence-corrected chi connectivity index (χ4v) is 2.58. The Balaban J connectivity index is 2.17. The molecule has 22 heavy (non-hydrogen) atoms. The molecule has 0 bridgehead atoms. The SMILES string of the molecule is O=C(/C=C(/c1ccccc1)C(F)(F)F)NC1CCCCC1O. The van der Waals surface area contributed by atoms with Crippen LogP contribution in [0.15, 0.2) is 36.4 Å². The predicted octanol–water partition coefficient (Wildman–Crippen LogP) is 3.05. The van der Waals surface area contributed by atoms with E-state index in [0.717, 1.165) is 12.8 Å². The van der Waals surface area contributed by atoms with E-state index in [2.05, 4.69) is 5.32 Å². The Morgan fingerprint density at radius 1 is 1.18 bits per heavy atom. The Kier molecular flexibility index (Phi) is 5.24. The van der Waals surface area contributed by atoms with E-state index < -0.39 is 29.8 Å². The third-order valence-corrected chi connectivity index (χ3v) is 3.72. The van der Waals surface area contributed by atoms with Crippen LogP contribution < -0.4 is 5.32 Å². The molecule has 1 aliphatic rings. The van der Waals surface area contributed by atoms with Gasteiger partial charge in [0, 0.05) is 6.08 Å². The van der Waals surface area contributed by atoms with Crippen LogP contribution >= 0.6 is 0 Å². The first-order valence-electron chi connectivity index (χ1n) is 7.21. The van der Waals surface area contributed by atoms with Gasteiger partial charge in [0.1, 0.15) is 0 Å². The number of halogens is 3. The molecule has 0 heterocycles. The number of aliphatic hydroxyl groups excluding tert-OH is 1. The topological polar surface area (TPSA) is 49.3 Å². The number of rotatable bonds is 3. The van der Waals surface area contributed by atoms with Crippen molar-refractivity contribution in [1.82, 2.24) is 5.32 Å². The fraction of sp³-hybridized carbons (Fsp3) is 0.438. The van der Waals surface area contributed by atoms with Gasteiger partial charge < -0.3 is 10.4 Å². The summed E-state index contributed by atoms with van der Waals surface area (Å²) in [5.41, 5.74) is -1.05. The normalized spacial score (nSPS) is 23.2. The Hall–Kier alpha value is -1.82. The van der Waals surface area contributed by atoms with E-state index in [4.69, 9.17) is 0 Å². The Labute approximate surface area is 126 Å². The van der Waals surface area contributed by atoms with Crippen molar-refractivity contribution < 1.29 is 23.1 Å². The summed E-state index contributed by atoms with van der Waals surface area (Å²) in [6.07, 6.45) is -1.91. The summed E-state index contributed by atoms with van der Waals surface area (Å²) in [5, 5.41) is 12.2. The van der Waals surface area contributed by atoms with Crippen LogP contribution in [0.1, 0.15) is 31.2 Å². The smallest absolute Gasteiger partial charge is 0.391 e. The molecule has 0 aliphatic heterocycles. The number of carbonyl (C=O) groups is 1. The molecule has 6 heteroatoms. The maximum Gasteiger partial charge on any atom is 0.417 e. The lowest BCUT2D eigenvalue weighted by Gasteiger charge is -2.28. The first-order chi connectivity index (χ1) is 10.4. The summed E-state index contributed by atoms with van der Waals surface area (Å²) in [5.74, 6) is -0.831. The summed E-state index contributed by atoms with van der Waals surface area (Å²) in [6, 6.07) is 6.71. The molecular formula is C16H18F3NO2. The molecule has 1 amide bonds. The van der Waals surface area contributed by atoms with Gasteiger partial charge >= 0.3 is 6.18 Å². The van der Waals surface area contributed by atoms with E-state index in [-0.39, 0.29) is 5.56 Å². The molecule has 0 radical (unpaired) electrons. The molecule has 1 aromatic rings. The summed E-state index contributed by atoms with van der Waals surface area (Å²) < 4.78 is 39.4. The van der Waals surface area contributed by atoms with E-state index in [0.29, 0.717) is 18.9 Å². The van der Waals surface area contributed by atoms with Crippen molar-refractivity contribution in [3.63, 3.8) is 0 Å². The second kappa shape index (κ2) is 6.96. The van der Waals surface area contributed by atoms with Gasteiger partial charge in [0.2, 0.25) is 5.91 Å². The second-order valence-corrected chi connectivity index (χ2v) is 5.39. The maximum atomic E-state index is 13.1. The van der Waals surface area contributed by atoms with E-state index in [1.807, 2.05) is 0 Å². The maximum absolute atomic E-state index is 13.1. The molecule has 2 unspecified atom stereocenters. The van der Waals surface area contributed by atoms with Crippen molar-refractivity contribution in [1.29, 1.82) is 0 Å². The minimum atomic E-state index is -4.62. The van der Waals surface area contributed by atoms with Gasteiger partial charge in [0.15, 0.2) is 0 Å². The molecule has 1 saturated carbocycles. The van der Waals surface area contributed by atoms with Crippen molar-refractivity contribution in [3.8, 4) is 0 Å². The lowest BCUT2D eigenvalue weighted by atomic mass is 9.92. The molecule has 1 aliphatic carbocycles. The minimum Gasteiger partial charge on any atom is -0.391 e. The molecule has 2 rings (SSSR count). The largest absolute Gasteiger partial charge is 0.417 e. The highest BCUT2D eigenvalue weighted by Gasteiger charge is 2.35. The first-order valence-corrected chi connectivity index (χ1v) is 7.21. The van der Waals surface area contributed by atoms with Crippen LogP contribution in [0.5, 0.6) is 0 Å². The molecule has 0 saturated heterocycles. The van der Waals surface area contributed by atoms with Crippen LogP contribution in [0, 0.1) is 0 Å². The molecule has 0 spiro atoms. The average Bonchev–Trinajstić information content (AvgIpc) is 2.47. The van der Waals surface area contributed by atoms with Crippen LogP contribution in [0.25, 0.3) is 5.57 Å². The van der Waals surface area contributed by atoms with Crippen molar-refractivity contribution in [2.45, 2.75) is 44.0 Å². The molecule has 1 fully saturated rings. The number of nitrogens with one attached hydrogen (secondary N) is 1. The average molecular weight is 313 g/mol. The minimum absolute atomic E-state index is 0.0608. The Morgan fingerprint density at radius 2 is 1.82 bits per heavy atom.